The van der Waals surface area contributed by atoms with E-state index in [1.54, 1.807) is 0 Å². The summed E-state index contributed by atoms with van der Waals surface area (Å²) in [6, 6.07) is 43.9. The highest BCUT2D eigenvalue weighted by Gasteiger charge is 2.41. The molecule has 0 amide bonds. The predicted octanol–water partition coefficient (Wildman–Crippen LogP) is 6.96. The van der Waals surface area contributed by atoms with Crippen LogP contribution in [-0.4, -0.2) is 12.3 Å². The zero-order valence-electron chi connectivity index (χ0n) is 20.2. The Bertz CT molecular complexity index is 1030. The van der Waals surface area contributed by atoms with E-state index in [0.717, 1.165) is 0 Å². The quantitative estimate of drug-likeness (QED) is 0.203. The second kappa shape index (κ2) is 11.3. The van der Waals surface area contributed by atoms with E-state index in [1.165, 1.54) is 34.6 Å². The highest BCUT2D eigenvalue weighted by atomic mass is 31.1. The van der Waals surface area contributed by atoms with Gasteiger partial charge >= 0.3 is 0 Å². The van der Waals surface area contributed by atoms with Gasteiger partial charge in [0.1, 0.15) is 0 Å². The van der Waals surface area contributed by atoms with Crippen molar-refractivity contribution in [2.45, 2.75) is 23.1 Å². The standard InChI is InChI=1S/C30H32N4P2/c1-5-13-23(14-6-1)27-31-32-28(24-15-7-2-8-16-24)35(27)21-22-36-29(25-17-9-3-10-18-25)33-34-30(36)26-19-11-4-12-20-26/h1-20,27-34H,21-22H2/t27-,28-,29-,30?,36?/m0/s1. The summed E-state index contributed by atoms with van der Waals surface area (Å²) in [5, 5.41) is 0. The van der Waals surface area contributed by atoms with Gasteiger partial charge in [-0.3, -0.25) is 0 Å². The second-order valence-corrected chi connectivity index (χ2v) is 14.3. The normalized spacial score (nSPS) is 26.3. The van der Waals surface area contributed by atoms with Gasteiger partial charge in [-0.2, -0.15) is 0 Å². The van der Waals surface area contributed by atoms with E-state index in [4.69, 9.17) is 0 Å². The summed E-state index contributed by atoms with van der Waals surface area (Å²) in [7, 11) is -0.756. The van der Waals surface area contributed by atoms with Crippen LogP contribution in [0.5, 0.6) is 0 Å². The molecule has 0 radical (unpaired) electrons. The second-order valence-electron chi connectivity index (χ2n) is 9.31. The van der Waals surface area contributed by atoms with Gasteiger partial charge in [0, 0.05) is 0 Å². The molecule has 2 aliphatic rings. The number of hydrazine groups is 2. The van der Waals surface area contributed by atoms with Gasteiger partial charge in [-0.25, -0.2) is 21.7 Å². The molecule has 182 valence electrons. The lowest BCUT2D eigenvalue weighted by atomic mass is 10.2. The van der Waals surface area contributed by atoms with E-state index < -0.39 is 0 Å². The molecule has 4 aromatic carbocycles. The highest BCUT2D eigenvalue weighted by Crippen LogP contribution is 2.67. The Morgan fingerprint density at radius 1 is 0.361 bits per heavy atom. The van der Waals surface area contributed by atoms with Crippen molar-refractivity contribution in [3.8, 4) is 0 Å². The summed E-state index contributed by atoms with van der Waals surface area (Å²) < 4.78 is 0. The van der Waals surface area contributed by atoms with E-state index in [1.807, 2.05) is 0 Å². The number of rotatable bonds is 7. The van der Waals surface area contributed by atoms with Gasteiger partial charge in [0.05, 0.1) is 23.1 Å². The molecule has 6 rings (SSSR count). The number of nitrogens with one attached hydrogen (secondary N) is 4. The molecule has 0 saturated carbocycles. The molecule has 5 atom stereocenters. The Morgan fingerprint density at radius 3 is 0.806 bits per heavy atom. The van der Waals surface area contributed by atoms with Crippen molar-refractivity contribution in [3.05, 3.63) is 144 Å². The largest absolute Gasteiger partial charge is 0.245 e. The summed E-state index contributed by atoms with van der Waals surface area (Å²) in [5.74, 6) is 1.37. The van der Waals surface area contributed by atoms with Gasteiger partial charge in [-0.15, -0.1) is 0 Å². The van der Waals surface area contributed by atoms with Crippen LogP contribution in [-0.2, 0) is 0 Å². The monoisotopic (exact) mass is 510 g/mol. The van der Waals surface area contributed by atoms with Crippen molar-refractivity contribution < 1.29 is 0 Å². The number of hydrogen-bond acceptors (Lipinski definition) is 4. The molecule has 0 bridgehead atoms. The summed E-state index contributed by atoms with van der Waals surface area (Å²) in [6.07, 6.45) is 2.41. The molecule has 0 aromatic heterocycles. The maximum atomic E-state index is 3.69. The average molecular weight is 511 g/mol. The summed E-state index contributed by atoms with van der Waals surface area (Å²) in [6.45, 7) is 0. The van der Waals surface area contributed by atoms with Gasteiger partial charge in [0.15, 0.2) is 0 Å². The molecular formula is C30H32N4P2. The lowest BCUT2D eigenvalue weighted by Gasteiger charge is -2.29. The third-order valence-electron chi connectivity index (χ3n) is 7.12. The van der Waals surface area contributed by atoms with Crippen LogP contribution in [0.15, 0.2) is 121 Å². The Labute approximate surface area is 216 Å². The zero-order valence-corrected chi connectivity index (χ0v) is 22.0. The van der Waals surface area contributed by atoms with Gasteiger partial charge in [0.25, 0.3) is 0 Å². The number of hydrogen-bond donors (Lipinski definition) is 4. The first-order valence-corrected chi connectivity index (χ1v) is 15.9. The predicted molar refractivity (Wildman–Crippen MR) is 153 cm³/mol. The Kier molecular flexibility index (Phi) is 7.53. The molecule has 2 heterocycles. The minimum Gasteiger partial charge on any atom is -0.245 e. The van der Waals surface area contributed by atoms with Crippen molar-refractivity contribution in [3.63, 3.8) is 0 Å². The van der Waals surface area contributed by atoms with Crippen molar-refractivity contribution in [1.29, 1.82) is 0 Å². The lowest BCUT2D eigenvalue weighted by Crippen LogP contribution is -2.26. The van der Waals surface area contributed by atoms with E-state index >= 15 is 0 Å². The summed E-state index contributed by atoms with van der Waals surface area (Å²) in [5.41, 5.74) is 20.3. The topological polar surface area (TPSA) is 48.1 Å². The molecule has 4 N–H and O–H groups in total. The fraction of sp³-hybridized carbons (Fsp3) is 0.200. The maximum absolute atomic E-state index is 3.69. The average Bonchev–Trinajstić information content (AvgIpc) is 3.58. The van der Waals surface area contributed by atoms with Crippen LogP contribution in [0.1, 0.15) is 45.4 Å². The fourth-order valence-corrected chi connectivity index (χ4v) is 12.0. The van der Waals surface area contributed by atoms with Crippen LogP contribution in [0.3, 0.4) is 0 Å². The van der Waals surface area contributed by atoms with Gasteiger partial charge < -0.3 is 0 Å². The molecule has 0 spiro atoms. The summed E-state index contributed by atoms with van der Waals surface area (Å²) in [4.78, 5) is 0. The Hall–Kier alpha value is -2.42. The molecule has 6 heteroatoms. The highest BCUT2D eigenvalue weighted by molar-refractivity contribution is 7.62. The van der Waals surface area contributed by atoms with Crippen molar-refractivity contribution >= 4 is 15.8 Å². The number of benzene rings is 4. The molecule has 0 aliphatic carbocycles. The minimum atomic E-state index is -0.378. The third kappa shape index (κ3) is 5.04. The van der Waals surface area contributed by atoms with Crippen LogP contribution in [0.4, 0.5) is 0 Å². The maximum Gasteiger partial charge on any atom is 0.0676 e. The van der Waals surface area contributed by atoms with E-state index in [2.05, 4.69) is 143 Å². The first-order valence-electron chi connectivity index (χ1n) is 12.6. The van der Waals surface area contributed by atoms with Crippen LogP contribution < -0.4 is 21.7 Å². The fourth-order valence-electron chi connectivity index (χ4n) is 5.33. The van der Waals surface area contributed by atoms with Crippen LogP contribution >= 0.6 is 15.8 Å². The molecule has 36 heavy (non-hydrogen) atoms. The van der Waals surface area contributed by atoms with Gasteiger partial charge in [0.2, 0.25) is 0 Å². The Balaban J connectivity index is 1.30. The van der Waals surface area contributed by atoms with Crippen molar-refractivity contribution in [2.75, 3.05) is 12.3 Å². The minimum absolute atomic E-state index is 0.343. The lowest BCUT2D eigenvalue weighted by molar-refractivity contribution is 0.555. The zero-order chi connectivity index (χ0) is 24.2. The molecule has 4 nitrogen and oxygen atoms in total. The van der Waals surface area contributed by atoms with E-state index in [9.17, 15) is 0 Å². The molecule has 2 aliphatic heterocycles. The van der Waals surface area contributed by atoms with Crippen LogP contribution in [0.25, 0.3) is 0 Å². The third-order valence-corrected chi connectivity index (χ3v) is 13.3. The molecule has 2 saturated heterocycles. The van der Waals surface area contributed by atoms with Crippen LogP contribution in [0, 0.1) is 0 Å². The van der Waals surface area contributed by atoms with Crippen LogP contribution in [0.2, 0.25) is 0 Å². The first-order chi connectivity index (χ1) is 17.9. The van der Waals surface area contributed by atoms with Crippen molar-refractivity contribution in [1.82, 2.24) is 21.7 Å². The molecular weight excluding hydrogens is 478 g/mol. The van der Waals surface area contributed by atoms with E-state index in [-0.39, 0.29) is 15.8 Å². The van der Waals surface area contributed by atoms with E-state index in [0.29, 0.717) is 23.1 Å². The van der Waals surface area contributed by atoms with Gasteiger partial charge in [-0.05, 0) is 34.6 Å². The molecule has 4 aromatic rings. The smallest absolute Gasteiger partial charge is 0.0676 e. The molecule has 2 unspecified atom stereocenters. The SMILES string of the molecule is c1ccc(C2NN[C@H](c3ccccc3)P2CCP2[C@@H](c3ccccc3)NN[C@@H]2c2ccccc2)cc1. The van der Waals surface area contributed by atoms with Gasteiger partial charge in [-0.1, -0.05) is 137 Å². The van der Waals surface area contributed by atoms with Crippen molar-refractivity contribution in [2.24, 2.45) is 0 Å². The first kappa shape index (κ1) is 23.9. The Morgan fingerprint density at radius 2 is 0.583 bits per heavy atom. The summed E-state index contributed by atoms with van der Waals surface area (Å²) >= 11 is 0. The molecule has 2 fully saturated rings.